The van der Waals surface area contributed by atoms with Gasteiger partial charge < -0.3 is 10.0 Å². The minimum Gasteiger partial charge on any atom is -0.507 e. The number of likely N-dealkylation sites (tertiary alicyclic amines) is 1. The summed E-state index contributed by atoms with van der Waals surface area (Å²) in [5.41, 5.74) is 1.29. The Bertz CT molecular complexity index is 420. The van der Waals surface area contributed by atoms with E-state index in [0.717, 1.165) is 31.5 Å². The van der Waals surface area contributed by atoms with Crippen LogP contribution >= 0.6 is 0 Å². The number of carbonyl (C=O) groups is 1. The van der Waals surface area contributed by atoms with E-state index in [1.807, 2.05) is 30.9 Å². The number of carbonyl (C=O) groups excluding carboxylic acids is 1. The summed E-state index contributed by atoms with van der Waals surface area (Å²) in [5, 5.41) is 10.1. The highest BCUT2D eigenvalue weighted by molar-refractivity contribution is 5.97. The lowest BCUT2D eigenvalue weighted by Gasteiger charge is -2.18. The molecular formula is C14H19NO2. The van der Waals surface area contributed by atoms with Gasteiger partial charge in [-0.15, -0.1) is 0 Å². The quantitative estimate of drug-likeness (QED) is 0.853. The van der Waals surface area contributed by atoms with Crippen molar-refractivity contribution in [2.75, 3.05) is 13.1 Å². The zero-order valence-corrected chi connectivity index (χ0v) is 10.4. The van der Waals surface area contributed by atoms with Gasteiger partial charge in [0.1, 0.15) is 5.75 Å². The average molecular weight is 233 g/mol. The van der Waals surface area contributed by atoms with Crippen LogP contribution < -0.4 is 0 Å². The zero-order valence-electron chi connectivity index (χ0n) is 10.4. The number of nitrogens with zero attached hydrogens (tertiary/aromatic N) is 1. The molecule has 17 heavy (non-hydrogen) atoms. The molecule has 0 aromatic heterocycles. The Morgan fingerprint density at radius 2 is 1.94 bits per heavy atom. The van der Waals surface area contributed by atoms with Crippen LogP contribution in [0.25, 0.3) is 0 Å². The van der Waals surface area contributed by atoms with E-state index in [9.17, 15) is 9.90 Å². The van der Waals surface area contributed by atoms with E-state index in [2.05, 4.69) is 0 Å². The van der Waals surface area contributed by atoms with Crippen molar-refractivity contribution >= 4 is 5.91 Å². The zero-order chi connectivity index (χ0) is 12.4. The highest BCUT2D eigenvalue weighted by Crippen LogP contribution is 2.30. The summed E-state index contributed by atoms with van der Waals surface area (Å²) < 4.78 is 0. The molecule has 3 heteroatoms. The molecule has 1 aliphatic heterocycles. The van der Waals surface area contributed by atoms with E-state index in [1.165, 1.54) is 0 Å². The molecule has 3 nitrogen and oxygen atoms in total. The molecule has 1 fully saturated rings. The lowest BCUT2D eigenvalue weighted by Crippen LogP contribution is -2.27. The third-order valence-electron chi connectivity index (χ3n) is 3.31. The van der Waals surface area contributed by atoms with Gasteiger partial charge in [0, 0.05) is 13.1 Å². The van der Waals surface area contributed by atoms with Gasteiger partial charge in [-0.3, -0.25) is 4.79 Å². The van der Waals surface area contributed by atoms with Gasteiger partial charge in [0.2, 0.25) is 0 Å². The second-order valence-electron chi connectivity index (χ2n) is 4.90. The number of aromatic hydroxyl groups is 1. The van der Waals surface area contributed by atoms with Gasteiger partial charge in [0.15, 0.2) is 0 Å². The molecule has 1 aliphatic rings. The fourth-order valence-electron chi connectivity index (χ4n) is 2.29. The van der Waals surface area contributed by atoms with Crippen LogP contribution in [0.2, 0.25) is 0 Å². The molecular weight excluding hydrogens is 214 g/mol. The fourth-order valence-corrected chi connectivity index (χ4v) is 2.29. The minimum absolute atomic E-state index is 0.0394. The number of phenolic OH excluding ortho intramolecular Hbond substituents is 1. The molecule has 0 unspecified atom stereocenters. The Balaban J connectivity index is 2.31. The Labute approximate surface area is 102 Å². The van der Waals surface area contributed by atoms with E-state index in [1.54, 1.807) is 6.07 Å². The Morgan fingerprint density at radius 1 is 1.29 bits per heavy atom. The highest BCUT2D eigenvalue weighted by Gasteiger charge is 2.23. The van der Waals surface area contributed by atoms with Crippen molar-refractivity contribution in [3.05, 3.63) is 29.3 Å². The Kier molecular flexibility index (Phi) is 3.36. The van der Waals surface area contributed by atoms with Crippen molar-refractivity contribution < 1.29 is 9.90 Å². The normalized spacial score (nSPS) is 15.6. The van der Waals surface area contributed by atoms with E-state index in [4.69, 9.17) is 0 Å². The van der Waals surface area contributed by atoms with Crippen molar-refractivity contribution in [1.29, 1.82) is 0 Å². The van der Waals surface area contributed by atoms with Gasteiger partial charge in [0.05, 0.1) is 5.56 Å². The van der Waals surface area contributed by atoms with E-state index in [-0.39, 0.29) is 17.6 Å². The van der Waals surface area contributed by atoms with Crippen LogP contribution in [-0.2, 0) is 0 Å². The lowest BCUT2D eigenvalue weighted by molar-refractivity contribution is 0.0789. The van der Waals surface area contributed by atoms with Crippen molar-refractivity contribution in [2.45, 2.75) is 32.6 Å². The predicted molar refractivity (Wildman–Crippen MR) is 67.3 cm³/mol. The van der Waals surface area contributed by atoms with E-state index in [0.29, 0.717) is 5.56 Å². The van der Waals surface area contributed by atoms with Crippen molar-refractivity contribution in [2.24, 2.45) is 0 Å². The van der Waals surface area contributed by atoms with Crippen molar-refractivity contribution in [1.82, 2.24) is 4.90 Å². The van der Waals surface area contributed by atoms with Gasteiger partial charge >= 0.3 is 0 Å². The van der Waals surface area contributed by atoms with Gasteiger partial charge in [-0.1, -0.05) is 26.0 Å². The number of phenols is 1. The summed E-state index contributed by atoms with van der Waals surface area (Å²) in [6.07, 6.45) is 2.13. The number of hydrogen-bond acceptors (Lipinski definition) is 2. The summed E-state index contributed by atoms with van der Waals surface area (Å²) in [5.74, 6) is 0.336. The van der Waals surface area contributed by atoms with Gasteiger partial charge in [-0.2, -0.15) is 0 Å². The summed E-state index contributed by atoms with van der Waals surface area (Å²) >= 11 is 0. The molecule has 2 rings (SSSR count). The molecule has 0 aliphatic carbocycles. The first-order valence-electron chi connectivity index (χ1n) is 6.22. The standard InChI is InChI=1S/C14H19NO2/c1-10(2)11-6-5-7-12(13(11)16)14(17)15-8-3-4-9-15/h5-7,10,16H,3-4,8-9H2,1-2H3. The molecule has 0 radical (unpaired) electrons. The van der Waals surface area contributed by atoms with Crippen molar-refractivity contribution in [3.8, 4) is 5.75 Å². The topological polar surface area (TPSA) is 40.5 Å². The van der Waals surface area contributed by atoms with Crippen LogP contribution in [0.15, 0.2) is 18.2 Å². The summed E-state index contributed by atoms with van der Waals surface area (Å²) in [6.45, 7) is 5.65. The summed E-state index contributed by atoms with van der Waals surface area (Å²) in [6, 6.07) is 5.43. The minimum atomic E-state index is -0.0394. The van der Waals surface area contributed by atoms with Gasteiger partial charge in [-0.05, 0) is 30.4 Å². The first-order chi connectivity index (χ1) is 8.11. The van der Waals surface area contributed by atoms with Crippen LogP contribution in [0.5, 0.6) is 5.75 Å². The van der Waals surface area contributed by atoms with Crippen LogP contribution in [0.4, 0.5) is 0 Å². The van der Waals surface area contributed by atoms with Crippen molar-refractivity contribution in [3.63, 3.8) is 0 Å². The van der Waals surface area contributed by atoms with E-state index < -0.39 is 0 Å². The molecule has 1 amide bonds. The average Bonchev–Trinajstić information content (AvgIpc) is 2.81. The second kappa shape index (κ2) is 4.78. The third kappa shape index (κ3) is 2.28. The molecule has 92 valence electrons. The number of hydrogen-bond donors (Lipinski definition) is 1. The smallest absolute Gasteiger partial charge is 0.257 e. The number of benzene rings is 1. The summed E-state index contributed by atoms with van der Waals surface area (Å²) in [7, 11) is 0. The number of amides is 1. The SMILES string of the molecule is CC(C)c1cccc(C(=O)N2CCCC2)c1O. The molecule has 1 saturated heterocycles. The fraction of sp³-hybridized carbons (Fsp3) is 0.500. The first-order valence-corrected chi connectivity index (χ1v) is 6.22. The van der Waals surface area contributed by atoms with Crippen LogP contribution in [0, 0.1) is 0 Å². The van der Waals surface area contributed by atoms with Crippen LogP contribution in [0.1, 0.15) is 48.5 Å². The lowest BCUT2D eigenvalue weighted by atomic mass is 9.98. The largest absolute Gasteiger partial charge is 0.507 e. The second-order valence-corrected chi connectivity index (χ2v) is 4.90. The molecule has 0 atom stereocenters. The number of rotatable bonds is 2. The maximum atomic E-state index is 12.2. The third-order valence-corrected chi connectivity index (χ3v) is 3.31. The molecule has 1 aromatic rings. The Hall–Kier alpha value is -1.51. The maximum absolute atomic E-state index is 12.2. The molecule has 0 bridgehead atoms. The number of para-hydroxylation sites is 1. The molecule has 0 saturated carbocycles. The van der Waals surface area contributed by atoms with Crippen LogP contribution in [0.3, 0.4) is 0 Å². The molecule has 1 aromatic carbocycles. The van der Waals surface area contributed by atoms with Gasteiger partial charge in [0.25, 0.3) is 5.91 Å². The summed E-state index contributed by atoms with van der Waals surface area (Å²) in [4.78, 5) is 14.0. The highest BCUT2D eigenvalue weighted by atomic mass is 16.3. The van der Waals surface area contributed by atoms with Gasteiger partial charge in [-0.25, -0.2) is 0 Å². The van der Waals surface area contributed by atoms with Crippen LogP contribution in [-0.4, -0.2) is 29.0 Å². The monoisotopic (exact) mass is 233 g/mol. The molecule has 0 spiro atoms. The predicted octanol–water partition coefficient (Wildman–Crippen LogP) is 2.75. The van der Waals surface area contributed by atoms with E-state index >= 15 is 0 Å². The maximum Gasteiger partial charge on any atom is 0.257 e. The first kappa shape index (κ1) is 12.0. The molecule has 1 N–H and O–H groups in total. The molecule has 1 heterocycles. The Morgan fingerprint density at radius 3 is 2.53 bits per heavy atom.